The Kier molecular flexibility index (Phi) is 5.77. The molecule has 0 spiro atoms. The quantitative estimate of drug-likeness (QED) is 0.559. The number of amides is 2. The lowest BCUT2D eigenvalue weighted by molar-refractivity contribution is -0.122. The van der Waals surface area contributed by atoms with Crippen molar-refractivity contribution in [2.24, 2.45) is 0 Å². The average molecular weight is 428 g/mol. The fourth-order valence-corrected chi connectivity index (χ4v) is 4.20. The van der Waals surface area contributed by atoms with Gasteiger partial charge in [0, 0.05) is 19.2 Å². The third kappa shape index (κ3) is 4.57. The van der Waals surface area contributed by atoms with E-state index in [1.807, 2.05) is 18.2 Å². The van der Waals surface area contributed by atoms with Gasteiger partial charge in [-0.05, 0) is 42.3 Å². The molecule has 1 saturated heterocycles. The number of hydrogen-bond acceptors (Lipinski definition) is 7. The highest BCUT2D eigenvalue weighted by Crippen LogP contribution is 2.36. The van der Waals surface area contributed by atoms with Gasteiger partial charge in [0.05, 0.1) is 4.91 Å². The third-order valence-electron chi connectivity index (χ3n) is 4.29. The zero-order chi connectivity index (χ0) is 20.2. The number of benzene rings is 1. The lowest BCUT2D eigenvalue weighted by atomic mass is 10.2. The number of aromatic nitrogens is 1. The molecule has 148 valence electrons. The van der Waals surface area contributed by atoms with Crippen LogP contribution in [0.25, 0.3) is 6.08 Å². The van der Waals surface area contributed by atoms with E-state index < -0.39 is 0 Å². The van der Waals surface area contributed by atoms with Gasteiger partial charge >= 0.3 is 0 Å². The number of ether oxygens (including phenoxy) is 2. The van der Waals surface area contributed by atoms with Crippen molar-refractivity contribution in [1.29, 1.82) is 0 Å². The molecule has 7 nitrogen and oxygen atoms in total. The van der Waals surface area contributed by atoms with Gasteiger partial charge in [0.25, 0.3) is 5.91 Å². The highest BCUT2D eigenvalue weighted by atomic mass is 32.2. The SMILES string of the molecule is O=C(CCCN1C(=O)C(=Cc2ccc3c(c2)OCO3)SC1=S)Nc1ccccn1. The molecule has 2 aliphatic rings. The fourth-order valence-electron chi connectivity index (χ4n) is 2.89. The monoisotopic (exact) mass is 427 g/mol. The largest absolute Gasteiger partial charge is 0.454 e. The summed E-state index contributed by atoms with van der Waals surface area (Å²) in [6.45, 7) is 0.591. The van der Waals surface area contributed by atoms with Crippen molar-refractivity contribution in [3.05, 3.63) is 53.1 Å². The Hall–Kier alpha value is -2.91. The number of carbonyl (C=O) groups is 2. The first-order valence-electron chi connectivity index (χ1n) is 8.96. The number of rotatable bonds is 6. The minimum absolute atomic E-state index is 0.148. The van der Waals surface area contributed by atoms with Gasteiger partial charge in [-0.1, -0.05) is 36.1 Å². The molecule has 0 radical (unpaired) electrons. The van der Waals surface area contributed by atoms with Crippen molar-refractivity contribution in [2.45, 2.75) is 12.8 Å². The number of nitrogens with one attached hydrogen (secondary N) is 1. The predicted octanol–water partition coefficient (Wildman–Crippen LogP) is 3.43. The maximum Gasteiger partial charge on any atom is 0.266 e. The Morgan fingerprint density at radius 1 is 1.28 bits per heavy atom. The molecule has 9 heteroatoms. The van der Waals surface area contributed by atoms with E-state index in [4.69, 9.17) is 21.7 Å². The molecule has 0 atom stereocenters. The lowest BCUT2D eigenvalue weighted by Crippen LogP contribution is -2.29. The lowest BCUT2D eigenvalue weighted by Gasteiger charge is -2.14. The molecular formula is C20H17N3O4S2. The zero-order valence-electron chi connectivity index (χ0n) is 15.3. The molecule has 0 bridgehead atoms. The second-order valence-corrected chi connectivity index (χ2v) is 7.99. The van der Waals surface area contributed by atoms with Crippen LogP contribution >= 0.6 is 24.0 Å². The number of carbonyl (C=O) groups excluding carboxylic acids is 2. The van der Waals surface area contributed by atoms with Crippen LogP contribution in [0.2, 0.25) is 0 Å². The summed E-state index contributed by atoms with van der Waals surface area (Å²) in [6, 6.07) is 10.8. The van der Waals surface area contributed by atoms with Crippen LogP contribution in [0.3, 0.4) is 0 Å². The fraction of sp³-hybridized carbons (Fsp3) is 0.200. The van der Waals surface area contributed by atoms with Crippen molar-refractivity contribution in [2.75, 3.05) is 18.7 Å². The molecule has 3 heterocycles. The van der Waals surface area contributed by atoms with Gasteiger partial charge in [0.1, 0.15) is 10.1 Å². The van der Waals surface area contributed by atoms with Gasteiger partial charge in [-0.3, -0.25) is 14.5 Å². The molecule has 0 aliphatic carbocycles. The van der Waals surface area contributed by atoms with Gasteiger partial charge in [-0.25, -0.2) is 4.98 Å². The first kappa shape index (κ1) is 19.4. The summed E-state index contributed by atoms with van der Waals surface area (Å²) in [6.07, 6.45) is 4.18. The summed E-state index contributed by atoms with van der Waals surface area (Å²) in [4.78, 5) is 30.9. The Bertz CT molecular complexity index is 994. The van der Waals surface area contributed by atoms with Crippen molar-refractivity contribution < 1.29 is 19.1 Å². The van der Waals surface area contributed by atoms with Crippen LogP contribution in [0.4, 0.5) is 5.82 Å². The van der Waals surface area contributed by atoms with Crippen LogP contribution in [0.5, 0.6) is 11.5 Å². The van der Waals surface area contributed by atoms with E-state index in [-0.39, 0.29) is 25.0 Å². The predicted molar refractivity (Wildman–Crippen MR) is 115 cm³/mol. The Labute approximate surface area is 177 Å². The average Bonchev–Trinajstić information content (AvgIpc) is 3.28. The maximum atomic E-state index is 12.7. The van der Waals surface area contributed by atoms with Gasteiger partial charge in [0.2, 0.25) is 12.7 Å². The van der Waals surface area contributed by atoms with Crippen LogP contribution in [-0.4, -0.2) is 39.4 Å². The van der Waals surface area contributed by atoms with E-state index in [0.29, 0.717) is 39.5 Å². The molecule has 1 fully saturated rings. The van der Waals surface area contributed by atoms with E-state index in [2.05, 4.69) is 10.3 Å². The van der Waals surface area contributed by atoms with Crippen LogP contribution in [0.15, 0.2) is 47.5 Å². The molecule has 1 aromatic carbocycles. The number of thiocarbonyl (C=S) groups is 1. The smallest absolute Gasteiger partial charge is 0.266 e. The zero-order valence-corrected chi connectivity index (χ0v) is 16.9. The van der Waals surface area contributed by atoms with E-state index in [9.17, 15) is 9.59 Å². The third-order valence-corrected chi connectivity index (χ3v) is 5.66. The molecule has 2 aliphatic heterocycles. The van der Waals surface area contributed by atoms with Crippen LogP contribution in [0.1, 0.15) is 18.4 Å². The van der Waals surface area contributed by atoms with Crippen LogP contribution in [0, 0.1) is 0 Å². The Morgan fingerprint density at radius 3 is 2.97 bits per heavy atom. The summed E-state index contributed by atoms with van der Waals surface area (Å²) >= 11 is 6.60. The van der Waals surface area contributed by atoms with Crippen LogP contribution in [-0.2, 0) is 9.59 Å². The topological polar surface area (TPSA) is 80.8 Å². The van der Waals surface area contributed by atoms with E-state index in [0.717, 1.165) is 5.56 Å². The molecule has 29 heavy (non-hydrogen) atoms. The summed E-state index contributed by atoms with van der Waals surface area (Å²) in [7, 11) is 0. The number of anilines is 1. The van der Waals surface area contributed by atoms with Gasteiger partial charge < -0.3 is 14.8 Å². The van der Waals surface area contributed by atoms with Gasteiger partial charge in [-0.15, -0.1) is 0 Å². The first-order chi connectivity index (χ1) is 14.1. The normalized spacial score (nSPS) is 16.6. The van der Waals surface area contributed by atoms with E-state index in [1.165, 1.54) is 16.7 Å². The molecule has 0 unspecified atom stereocenters. The Morgan fingerprint density at radius 2 is 2.14 bits per heavy atom. The number of pyridine rings is 1. The highest BCUT2D eigenvalue weighted by molar-refractivity contribution is 8.26. The highest BCUT2D eigenvalue weighted by Gasteiger charge is 2.31. The summed E-state index contributed by atoms with van der Waals surface area (Å²) in [5, 5.41) is 2.73. The molecule has 2 amide bonds. The number of nitrogens with zero attached hydrogens (tertiary/aromatic N) is 2. The minimum atomic E-state index is -0.150. The number of fused-ring (bicyclic) bond motifs is 1. The number of thioether (sulfide) groups is 1. The first-order valence-corrected chi connectivity index (χ1v) is 10.2. The van der Waals surface area contributed by atoms with Gasteiger partial charge in [-0.2, -0.15) is 0 Å². The van der Waals surface area contributed by atoms with Gasteiger partial charge in [0.15, 0.2) is 11.5 Å². The van der Waals surface area contributed by atoms with Crippen LogP contribution < -0.4 is 14.8 Å². The van der Waals surface area contributed by atoms with E-state index in [1.54, 1.807) is 30.5 Å². The molecular weight excluding hydrogens is 410 g/mol. The molecule has 2 aromatic rings. The standard InChI is InChI=1S/C20H17N3O4S2/c24-18(22-17-4-1-2-8-21-17)5-3-9-23-19(25)16(29-20(23)28)11-13-6-7-14-15(10-13)27-12-26-14/h1-2,4,6-8,10-11H,3,5,9,12H2,(H,21,22,24). The minimum Gasteiger partial charge on any atom is -0.454 e. The number of hydrogen-bond donors (Lipinski definition) is 1. The van der Waals surface area contributed by atoms with Crippen molar-refractivity contribution in [3.63, 3.8) is 0 Å². The summed E-state index contributed by atoms with van der Waals surface area (Å²) in [5.74, 6) is 1.56. The summed E-state index contributed by atoms with van der Waals surface area (Å²) < 4.78 is 11.2. The van der Waals surface area contributed by atoms with E-state index >= 15 is 0 Å². The second kappa shape index (κ2) is 8.62. The molecule has 0 saturated carbocycles. The van der Waals surface area contributed by atoms with Crippen molar-refractivity contribution >= 4 is 52.0 Å². The second-order valence-electron chi connectivity index (χ2n) is 6.31. The maximum absolute atomic E-state index is 12.7. The van der Waals surface area contributed by atoms with Crippen molar-refractivity contribution in [3.8, 4) is 11.5 Å². The molecule has 4 rings (SSSR count). The molecule has 1 N–H and O–H groups in total. The van der Waals surface area contributed by atoms with Crippen molar-refractivity contribution in [1.82, 2.24) is 9.88 Å². The Balaban J connectivity index is 1.33. The summed E-state index contributed by atoms with van der Waals surface area (Å²) in [5.41, 5.74) is 0.837. The molecule has 1 aromatic heterocycles.